The summed E-state index contributed by atoms with van der Waals surface area (Å²) in [5.74, 6) is 1.18. The van der Waals surface area contributed by atoms with Crippen LogP contribution in [-0.2, 0) is 11.3 Å². The van der Waals surface area contributed by atoms with Gasteiger partial charge in [-0.05, 0) is 50.5 Å². The Bertz CT molecular complexity index is 848. The number of ether oxygens (including phenoxy) is 1. The average Bonchev–Trinajstić information content (AvgIpc) is 3.44. The maximum Gasteiger partial charge on any atom is 0.321 e. The van der Waals surface area contributed by atoms with E-state index in [-0.39, 0.29) is 11.9 Å². The predicted molar refractivity (Wildman–Crippen MR) is 112 cm³/mol. The van der Waals surface area contributed by atoms with Gasteiger partial charge in [-0.3, -0.25) is 10.1 Å². The van der Waals surface area contributed by atoms with E-state index in [1.54, 1.807) is 14.0 Å². The Morgan fingerprint density at radius 1 is 1.28 bits per heavy atom. The number of methoxy groups -OCH3 is 1. The third-order valence-electron chi connectivity index (χ3n) is 4.60. The summed E-state index contributed by atoms with van der Waals surface area (Å²) in [6, 6.07) is 7.42. The zero-order valence-electron chi connectivity index (χ0n) is 17.0. The van der Waals surface area contributed by atoms with E-state index in [0.717, 1.165) is 49.4 Å². The van der Waals surface area contributed by atoms with Crippen molar-refractivity contribution in [2.24, 2.45) is 0 Å². The van der Waals surface area contributed by atoms with Gasteiger partial charge >= 0.3 is 6.03 Å². The van der Waals surface area contributed by atoms with Gasteiger partial charge in [0.25, 0.3) is 0 Å². The van der Waals surface area contributed by atoms with Gasteiger partial charge in [0.15, 0.2) is 11.0 Å². The highest BCUT2D eigenvalue weighted by atomic mass is 32.2. The molecule has 0 saturated heterocycles. The van der Waals surface area contributed by atoms with Crippen molar-refractivity contribution >= 4 is 23.7 Å². The number of aromatic nitrogens is 3. The number of amides is 3. The van der Waals surface area contributed by atoms with Gasteiger partial charge in [0.05, 0.1) is 12.4 Å². The highest BCUT2D eigenvalue weighted by Crippen LogP contribution is 2.28. The number of benzene rings is 1. The fraction of sp³-hybridized carbons (Fsp3) is 0.500. The summed E-state index contributed by atoms with van der Waals surface area (Å²) in [7, 11) is 1.63. The quantitative estimate of drug-likeness (QED) is 0.608. The lowest BCUT2D eigenvalue weighted by atomic mass is 10.2. The van der Waals surface area contributed by atoms with Gasteiger partial charge in [0.1, 0.15) is 5.75 Å². The van der Waals surface area contributed by atoms with Crippen molar-refractivity contribution in [3.63, 3.8) is 0 Å². The molecule has 29 heavy (non-hydrogen) atoms. The van der Waals surface area contributed by atoms with E-state index in [9.17, 15) is 9.59 Å². The van der Waals surface area contributed by atoms with Crippen LogP contribution in [0.15, 0.2) is 29.4 Å². The molecule has 1 aromatic heterocycles. The summed E-state index contributed by atoms with van der Waals surface area (Å²) in [6.07, 6.45) is 3.95. The van der Waals surface area contributed by atoms with Gasteiger partial charge in [-0.2, -0.15) is 0 Å². The molecule has 1 fully saturated rings. The van der Waals surface area contributed by atoms with E-state index in [4.69, 9.17) is 4.74 Å². The third kappa shape index (κ3) is 5.72. The summed E-state index contributed by atoms with van der Waals surface area (Å²) in [5, 5.41) is 14.0. The number of rotatable bonds is 9. The number of carbonyl (C=O) groups excluding carboxylic acids is 2. The molecule has 156 valence electrons. The monoisotopic (exact) mass is 417 g/mol. The molecule has 0 radical (unpaired) electrons. The minimum absolute atomic E-state index is 0.204. The van der Waals surface area contributed by atoms with Crippen molar-refractivity contribution in [1.82, 2.24) is 25.4 Å². The molecule has 1 saturated carbocycles. The molecule has 0 aliphatic heterocycles. The van der Waals surface area contributed by atoms with Gasteiger partial charge in [0.2, 0.25) is 5.91 Å². The lowest BCUT2D eigenvalue weighted by Gasteiger charge is -2.13. The van der Waals surface area contributed by atoms with E-state index < -0.39 is 11.3 Å². The molecule has 1 aliphatic rings. The van der Waals surface area contributed by atoms with E-state index in [2.05, 4.69) is 27.8 Å². The molecule has 3 amide bonds. The van der Waals surface area contributed by atoms with Crippen molar-refractivity contribution < 1.29 is 14.3 Å². The number of nitrogens with zero attached hydrogens (tertiary/aromatic N) is 3. The molecule has 3 rings (SSSR count). The molecule has 2 aromatic rings. The Balaban J connectivity index is 1.72. The van der Waals surface area contributed by atoms with Crippen LogP contribution < -0.4 is 15.4 Å². The van der Waals surface area contributed by atoms with Gasteiger partial charge < -0.3 is 14.6 Å². The topological polar surface area (TPSA) is 98.1 Å². The van der Waals surface area contributed by atoms with Crippen molar-refractivity contribution in [3.05, 3.63) is 24.3 Å². The first kappa shape index (κ1) is 21.2. The second kappa shape index (κ2) is 9.78. The molecule has 1 aromatic carbocycles. The fourth-order valence-electron chi connectivity index (χ4n) is 2.72. The van der Waals surface area contributed by atoms with Gasteiger partial charge in [0, 0.05) is 18.2 Å². The summed E-state index contributed by atoms with van der Waals surface area (Å²) >= 11 is 1.30. The lowest BCUT2D eigenvalue weighted by molar-refractivity contribution is -0.119. The second-order valence-corrected chi connectivity index (χ2v) is 8.34. The standard InChI is InChI=1S/C20H27N5O3S/c1-4-5-12-25-17(14-6-10-16(28-3)11-7-14)23-24-20(25)29-13(2)18(26)22-19(27)21-15-8-9-15/h6-7,10-11,13,15H,4-5,8-9,12H2,1-3H3,(H2,21,22,26,27). The number of hydrogen-bond donors (Lipinski definition) is 2. The Labute approximate surface area is 174 Å². The molecule has 1 heterocycles. The Morgan fingerprint density at radius 3 is 2.62 bits per heavy atom. The maximum atomic E-state index is 12.4. The van der Waals surface area contributed by atoms with Crippen molar-refractivity contribution in [2.75, 3.05) is 7.11 Å². The molecule has 9 heteroatoms. The van der Waals surface area contributed by atoms with Crippen molar-refractivity contribution in [2.45, 2.75) is 62.5 Å². The molecular formula is C20H27N5O3S. The highest BCUT2D eigenvalue weighted by molar-refractivity contribution is 8.00. The number of imide groups is 1. The summed E-state index contributed by atoms with van der Waals surface area (Å²) in [4.78, 5) is 24.2. The van der Waals surface area contributed by atoms with Crippen LogP contribution in [0, 0.1) is 0 Å². The number of thioether (sulfide) groups is 1. The first-order chi connectivity index (χ1) is 14.0. The van der Waals surface area contributed by atoms with Crippen LogP contribution in [0.4, 0.5) is 4.79 Å². The molecule has 8 nitrogen and oxygen atoms in total. The molecule has 2 N–H and O–H groups in total. The third-order valence-corrected chi connectivity index (χ3v) is 5.68. The van der Waals surface area contributed by atoms with Gasteiger partial charge in [-0.25, -0.2) is 4.79 Å². The smallest absolute Gasteiger partial charge is 0.321 e. The molecule has 1 aliphatic carbocycles. The summed E-state index contributed by atoms with van der Waals surface area (Å²) in [5.41, 5.74) is 0.933. The normalized spacial score (nSPS) is 14.3. The minimum Gasteiger partial charge on any atom is -0.497 e. The van der Waals surface area contributed by atoms with Crippen molar-refractivity contribution in [1.29, 1.82) is 0 Å². The zero-order valence-corrected chi connectivity index (χ0v) is 17.8. The first-order valence-corrected chi connectivity index (χ1v) is 10.8. The zero-order chi connectivity index (χ0) is 20.8. The Hall–Kier alpha value is -2.55. The second-order valence-electron chi connectivity index (χ2n) is 7.04. The van der Waals surface area contributed by atoms with Crippen LogP contribution in [0.2, 0.25) is 0 Å². The highest BCUT2D eigenvalue weighted by Gasteiger charge is 2.26. The number of hydrogen-bond acceptors (Lipinski definition) is 6. The predicted octanol–water partition coefficient (Wildman–Crippen LogP) is 3.22. The van der Waals surface area contributed by atoms with Crippen LogP contribution in [0.5, 0.6) is 5.75 Å². The number of urea groups is 1. The Morgan fingerprint density at radius 2 is 2.00 bits per heavy atom. The van der Waals surface area contributed by atoms with Crippen molar-refractivity contribution in [3.8, 4) is 17.1 Å². The van der Waals surface area contributed by atoms with Gasteiger partial charge in [-0.1, -0.05) is 25.1 Å². The largest absolute Gasteiger partial charge is 0.497 e. The molecular weight excluding hydrogens is 390 g/mol. The van der Waals surface area contributed by atoms with Crippen LogP contribution >= 0.6 is 11.8 Å². The molecule has 1 unspecified atom stereocenters. The van der Waals surface area contributed by atoms with E-state index >= 15 is 0 Å². The van der Waals surface area contributed by atoms with Gasteiger partial charge in [-0.15, -0.1) is 10.2 Å². The van der Waals surface area contributed by atoms with E-state index in [0.29, 0.717) is 5.16 Å². The van der Waals surface area contributed by atoms with Crippen LogP contribution in [-0.4, -0.2) is 45.1 Å². The van der Waals surface area contributed by atoms with Crippen LogP contribution in [0.3, 0.4) is 0 Å². The first-order valence-electron chi connectivity index (χ1n) is 9.87. The SMILES string of the molecule is CCCCn1c(SC(C)C(=O)NC(=O)NC2CC2)nnc1-c1ccc(OC)cc1. The van der Waals surface area contributed by atoms with Crippen LogP contribution in [0.1, 0.15) is 39.5 Å². The number of carbonyl (C=O) groups is 2. The molecule has 1 atom stereocenters. The number of unbranched alkanes of at least 4 members (excludes halogenated alkanes) is 1. The van der Waals surface area contributed by atoms with E-state index in [1.807, 2.05) is 28.8 Å². The average molecular weight is 418 g/mol. The lowest BCUT2D eigenvalue weighted by Crippen LogP contribution is -2.43. The molecule has 0 bridgehead atoms. The minimum atomic E-state index is -0.478. The maximum absolute atomic E-state index is 12.4. The summed E-state index contributed by atoms with van der Waals surface area (Å²) in [6.45, 7) is 4.64. The molecule has 0 spiro atoms. The van der Waals surface area contributed by atoms with E-state index in [1.165, 1.54) is 11.8 Å². The van der Waals surface area contributed by atoms with Crippen LogP contribution in [0.25, 0.3) is 11.4 Å². The number of nitrogens with one attached hydrogen (secondary N) is 2. The fourth-order valence-corrected chi connectivity index (χ4v) is 3.60. The summed E-state index contributed by atoms with van der Waals surface area (Å²) < 4.78 is 7.25. The Kier molecular flexibility index (Phi) is 7.13.